The van der Waals surface area contributed by atoms with E-state index in [1.165, 1.54) is 22.8 Å². The van der Waals surface area contributed by atoms with Crippen LogP contribution in [-0.4, -0.2) is 42.4 Å². The van der Waals surface area contributed by atoms with Crippen molar-refractivity contribution in [2.75, 3.05) is 13.1 Å². The van der Waals surface area contributed by atoms with Crippen molar-refractivity contribution >= 4 is 35.8 Å². The molecule has 0 N–H and O–H groups in total. The molecule has 1 amide bonds. The van der Waals surface area contributed by atoms with Crippen LogP contribution in [0.3, 0.4) is 0 Å². The van der Waals surface area contributed by atoms with Crippen LogP contribution in [0.15, 0.2) is 22.3 Å². The number of thiophene rings is 1. The van der Waals surface area contributed by atoms with Crippen LogP contribution in [0.1, 0.15) is 26.3 Å². The molecule has 0 spiro atoms. The predicted octanol–water partition coefficient (Wildman–Crippen LogP) is 3.71. The van der Waals surface area contributed by atoms with Gasteiger partial charge in [-0.1, -0.05) is 5.47 Å². The summed E-state index contributed by atoms with van der Waals surface area (Å²) in [4.78, 5) is 25.1. The van der Waals surface area contributed by atoms with E-state index >= 15 is 0 Å². The summed E-state index contributed by atoms with van der Waals surface area (Å²) < 4.78 is 45.0. The van der Waals surface area contributed by atoms with Gasteiger partial charge in [-0.15, -0.1) is 0 Å². The van der Waals surface area contributed by atoms with Gasteiger partial charge in [0.25, 0.3) is 0 Å². The van der Waals surface area contributed by atoms with Crippen molar-refractivity contribution in [3.63, 3.8) is 0 Å². The summed E-state index contributed by atoms with van der Waals surface area (Å²) in [6, 6.07) is 1.51. The summed E-state index contributed by atoms with van der Waals surface area (Å²) in [6.45, 7) is -1.42. The van der Waals surface area contributed by atoms with E-state index in [1.807, 2.05) is 0 Å². The molecule has 9 heteroatoms. The van der Waals surface area contributed by atoms with Crippen LogP contribution in [0.4, 0.5) is 17.7 Å². The number of ether oxygens (including phenoxy) is 1. The third-order valence-corrected chi connectivity index (χ3v) is 3.84. The van der Waals surface area contributed by atoms with E-state index in [2.05, 4.69) is 0 Å². The Balaban J connectivity index is 2.39. The molecule has 0 aliphatic carbocycles. The van der Waals surface area contributed by atoms with Gasteiger partial charge in [0.15, 0.2) is 0 Å². The first kappa shape index (κ1) is 17.6. The SMILES string of the molecule is CC(C)(C)OC(=O)N1CC(=O)C([B-](F)(F)F)=C(c2ccsc2)C1. The summed E-state index contributed by atoms with van der Waals surface area (Å²) in [6.07, 6.45) is -0.799. The van der Waals surface area contributed by atoms with E-state index in [9.17, 15) is 22.5 Å². The molecule has 2 rings (SSSR count). The van der Waals surface area contributed by atoms with Crippen molar-refractivity contribution in [3.8, 4) is 0 Å². The van der Waals surface area contributed by atoms with Gasteiger partial charge in [0.05, 0.1) is 6.54 Å². The van der Waals surface area contributed by atoms with Crippen molar-refractivity contribution in [1.29, 1.82) is 0 Å². The predicted molar refractivity (Wildman–Crippen MR) is 83.1 cm³/mol. The molecule has 0 saturated heterocycles. The van der Waals surface area contributed by atoms with Gasteiger partial charge in [-0.05, 0) is 48.7 Å². The fourth-order valence-electron chi connectivity index (χ4n) is 2.28. The minimum absolute atomic E-state index is 0.166. The summed E-state index contributed by atoms with van der Waals surface area (Å²) in [5, 5.41) is 3.16. The van der Waals surface area contributed by atoms with Crippen molar-refractivity contribution in [2.45, 2.75) is 26.4 Å². The van der Waals surface area contributed by atoms with Crippen LogP contribution >= 0.6 is 11.3 Å². The maximum atomic E-state index is 13.3. The lowest BCUT2D eigenvalue weighted by atomic mass is 9.70. The smallest absolute Gasteiger partial charge is 0.445 e. The molecular weight excluding hydrogens is 330 g/mol. The van der Waals surface area contributed by atoms with Crippen LogP contribution in [0.25, 0.3) is 5.57 Å². The third kappa shape index (κ3) is 4.16. The lowest BCUT2D eigenvalue weighted by molar-refractivity contribution is -0.116. The fourth-order valence-corrected chi connectivity index (χ4v) is 2.95. The van der Waals surface area contributed by atoms with Crippen molar-refractivity contribution < 1.29 is 27.3 Å². The molecule has 0 unspecified atom stereocenters. The minimum atomic E-state index is -5.45. The standard InChI is InChI=1S/C14H16BF3NO3S/c1-14(2,3)22-13(21)19-6-10(9-4-5-23-8-9)12(11(20)7-19)15(16,17)18/h4-5,8H,6-7H2,1-3H3/q-1. The maximum Gasteiger partial charge on any atom is 0.513 e. The number of hydrogen-bond acceptors (Lipinski definition) is 4. The average Bonchev–Trinajstić information content (AvgIpc) is 2.87. The highest BCUT2D eigenvalue weighted by Crippen LogP contribution is 2.34. The van der Waals surface area contributed by atoms with Crippen molar-refractivity contribution in [3.05, 3.63) is 27.9 Å². The van der Waals surface area contributed by atoms with Gasteiger partial charge in [-0.25, -0.2) is 4.79 Å². The van der Waals surface area contributed by atoms with Gasteiger partial charge in [-0.2, -0.15) is 11.3 Å². The Bertz CT molecular complexity index is 647. The Morgan fingerprint density at radius 3 is 2.43 bits per heavy atom. The second kappa shape index (κ2) is 6.03. The highest BCUT2D eigenvalue weighted by Gasteiger charge is 2.41. The first-order chi connectivity index (χ1) is 10.5. The molecule has 0 bridgehead atoms. The number of halogens is 3. The number of Topliss-reactive ketones (excluding diaryl/α,β-unsaturated/α-hetero) is 1. The Morgan fingerprint density at radius 1 is 1.30 bits per heavy atom. The van der Waals surface area contributed by atoms with Crippen LogP contribution < -0.4 is 0 Å². The molecule has 0 radical (unpaired) electrons. The van der Waals surface area contributed by atoms with Gasteiger partial charge < -0.3 is 17.7 Å². The third-order valence-electron chi connectivity index (χ3n) is 3.16. The number of nitrogens with zero attached hydrogens (tertiary/aromatic N) is 1. The number of carbonyl (C=O) groups is 2. The van der Waals surface area contributed by atoms with E-state index in [4.69, 9.17) is 4.74 Å². The van der Waals surface area contributed by atoms with Gasteiger partial charge in [0.2, 0.25) is 0 Å². The Hall–Kier alpha value is -1.77. The minimum Gasteiger partial charge on any atom is -0.445 e. The molecule has 0 fully saturated rings. The molecular formula is C14H16BF3NO3S-. The highest BCUT2D eigenvalue weighted by atomic mass is 32.1. The number of carbonyl (C=O) groups excluding carboxylic acids is 2. The van der Waals surface area contributed by atoms with E-state index in [0.29, 0.717) is 5.56 Å². The second-order valence-electron chi connectivity index (χ2n) is 6.24. The Kier molecular flexibility index (Phi) is 4.61. The molecule has 1 aromatic rings. The zero-order valence-electron chi connectivity index (χ0n) is 12.9. The van der Waals surface area contributed by atoms with Gasteiger partial charge in [-0.3, -0.25) is 9.69 Å². The molecule has 23 heavy (non-hydrogen) atoms. The van der Waals surface area contributed by atoms with Gasteiger partial charge in [0, 0.05) is 6.54 Å². The topological polar surface area (TPSA) is 46.6 Å². The fraction of sp³-hybridized carbons (Fsp3) is 0.429. The summed E-state index contributed by atoms with van der Waals surface area (Å²) >= 11 is 1.23. The summed E-state index contributed by atoms with van der Waals surface area (Å²) in [5.74, 6) is -1.10. The normalized spacial score (nSPS) is 16.8. The first-order valence-corrected chi connectivity index (χ1v) is 7.90. The van der Waals surface area contributed by atoms with E-state index in [-0.39, 0.29) is 12.1 Å². The maximum absolute atomic E-state index is 13.3. The molecule has 2 heterocycles. The molecule has 0 saturated carbocycles. The molecule has 1 aliphatic rings. The Labute approximate surface area is 136 Å². The van der Waals surface area contributed by atoms with E-state index in [1.54, 1.807) is 26.2 Å². The molecule has 0 atom stereocenters. The quantitative estimate of drug-likeness (QED) is 0.767. The lowest BCUT2D eigenvalue weighted by Gasteiger charge is -2.34. The lowest BCUT2D eigenvalue weighted by Crippen LogP contribution is -2.47. The monoisotopic (exact) mass is 346 g/mol. The summed E-state index contributed by atoms with van der Waals surface area (Å²) in [7, 11) is 0. The van der Waals surface area contributed by atoms with Gasteiger partial charge in [0.1, 0.15) is 11.4 Å². The van der Waals surface area contributed by atoms with Crippen LogP contribution in [0.2, 0.25) is 0 Å². The van der Waals surface area contributed by atoms with Crippen molar-refractivity contribution in [2.24, 2.45) is 0 Å². The van der Waals surface area contributed by atoms with Crippen LogP contribution in [0, 0.1) is 0 Å². The highest BCUT2D eigenvalue weighted by molar-refractivity contribution is 7.08. The first-order valence-electron chi connectivity index (χ1n) is 6.96. The number of ketones is 1. The molecule has 1 aliphatic heterocycles. The Morgan fingerprint density at radius 2 is 1.96 bits per heavy atom. The zero-order valence-corrected chi connectivity index (χ0v) is 13.8. The number of hydrogen-bond donors (Lipinski definition) is 0. The molecule has 1 aromatic heterocycles. The van der Waals surface area contributed by atoms with Crippen LogP contribution in [-0.2, 0) is 9.53 Å². The molecule has 126 valence electrons. The number of rotatable bonds is 2. The van der Waals surface area contributed by atoms with E-state index in [0.717, 1.165) is 4.90 Å². The largest absolute Gasteiger partial charge is 0.513 e. The number of amides is 1. The van der Waals surface area contributed by atoms with Gasteiger partial charge >= 0.3 is 13.1 Å². The second-order valence-corrected chi connectivity index (χ2v) is 7.02. The van der Waals surface area contributed by atoms with Crippen LogP contribution in [0.5, 0.6) is 0 Å². The zero-order chi connectivity index (χ0) is 17.4. The molecule has 4 nitrogen and oxygen atoms in total. The summed E-state index contributed by atoms with van der Waals surface area (Å²) in [5.41, 5.74) is -1.77. The van der Waals surface area contributed by atoms with Crippen molar-refractivity contribution in [1.82, 2.24) is 4.90 Å². The molecule has 0 aromatic carbocycles. The average molecular weight is 346 g/mol. The van der Waals surface area contributed by atoms with E-state index < -0.39 is 36.5 Å².